The summed E-state index contributed by atoms with van der Waals surface area (Å²) in [4.78, 5) is 48.0. The van der Waals surface area contributed by atoms with Crippen molar-refractivity contribution >= 4 is 103 Å². The number of carbonyl (C=O) groups excluding carboxylic acids is 4. The predicted molar refractivity (Wildman–Crippen MR) is 349 cm³/mol. The van der Waals surface area contributed by atoms with Gasteiger partial charge in [0.2, 0.25) is 0 Å². The van der Waals surface area contributed by atoms with Crippen LogP contribution in [0.15, 0.2) is 0 Å². The number of esters is 4. The quantitative estimate of drug-likeness (QED) is 0.0375. The molecule has 0 aromatic heterocycles. The van der Waals surface area contributed by atoms with Crippen molar-refractivity contribution in [2.24, 2.45) is 47.3 Å². The zero-order valence-electron chi connectivity index (χ0n) is 60.9. The van der Waals surface area contributed by atoms with Crippen molar-refractivity contribution < 1.29 is 211 Å². The molecule has 0 spiro atoms. The third kappa shape index (κ3) is 25.9. The van der Waals surface area contributed by atoms with E-state index in [2.05, 4.69) is 0 Å². The first kappa shape index (κ1) is 108. The molecule has 0 amide bonds. The normalized spacial score (nSPS) is 23.5. The minimum absolute atomic E-state index is 0.0146. The molecule has 0 aliphatic heterocycles. The smallest absolute Gasteiger partial charge is 0.462 e. The van der Waals surface area contributed by atoms with E-state index in [-0.39, 0.29) is 96.3 Å². The predicted octanol–water partition coefficient (Wildman–Crippen LogP) is 14.1. The maximum atomic E-state index is 13.2. The summed E-state index contributed by atoms with van der Waals surface area (Å²) in [7, 11) is -54.2. The standard InChI is InChI=1S/C16H24F6O6S2.C15H22F6O6S2.C14H20F6O6S2.C13H18F6O6S2/c1-3-10(2)13(23)28-12-9-7-5-4-6-8-11(12)14(29(24,25)15(17,18)19)30(26,27)16(20,21)22;1-3-9(2)12(22)27-11-8-6-4-5-7-10(11)13(28(23,24)14(16,17)18)29(25,26)15(19,20)21;1-3-8(2)11(21)26-10-7-5-4-6-9(10)12(27(22,23)13(15,16)17)28(24,25)14(18,19)20;1-3-7(2)10(20)25-9-6-4-5-8(9)11(26(21,22)12(14,15)16)27(23,24)13(17,18)19/h10-12,14H,3-9H2,1-2H3;9-11,13H,3-8H2,1-2H3;8-10,12H,3-7H2,1-2H3;7-9,11H,3-6H2,1-2H3. The number of hydrogen-bond acceptors (Lipinski definition) is 24. The molecule has 56 heteroatoms. The van der Waals surface area contributed by atoms with Crippen LogP contribution < -0.4 is 0 Å². The first-order chi connectivity index (χ1) is 50.9. The Morgan fingerprint density at radius 3 is 0.518 bits per heavy atom. The Hall–Kier alpha value is -4.20. The molecule has 4 rings (SSSR count). The Kier molecular flexibility index (Phi) is 37.8. The second-order valence-corrected chi connectivity index (χ2v) is 44.7. The number of rotatable bonds is 24. The molecule has 0 radical (unpaired) electrons. The summed E-state index contributed by atoms with van der Waals surface area (Å²) < 4.78 is 508. The lowest BCUT2D eigenvalue weighted by atomic mass is 9.87. The summed E-state index contributed by atoms with van der Waals surface area (Å²) in [6.45, 7) is 11.9. The van der Waals surface area contributed by atoms with Crippen LogP contribution in [0.25, 0.3) is 0 Å². The van der Waals surface area contributed by atoms with Crippen LogP contribution in [-0.2, 0) is 117 Å². The fourth-order valence-corrected chi connectivity index (χ4v) is 28.2. The number of hydrogen-bond donors (Lipinski definition) is 0. The van der Waals surface area contributed by atoms with Crippen LogP contribution in [0, 0.1) is 47.3 Å². The SMILES string of the molecule is CCC(C)C(=O)OC1CCCC1C(S(=O)(=O)C(F)(F)F)S(=O)(=O)C(F)(F)F.CCC(C)C(=O)OC1CCCCC1C(S(=O)(=O)C(F)(F)F)S(=O)(=O)C(F)(F)F.CCC(C)C(=O)OC1CCCCCC1C(S(=O)(=O)C(F)(F)F)S(=O)(=O)C(F)(F)F.CCC(C)C(=O)OC1CCCCCCC1C(S(=O)(=O)C(F)(F)F)S(=O)(=O)C(F)(F)F. The van der Waals surface area contributed by atoms with Crippen molar-refractivity contribution in [2.45, 2.75) is 283 Å². The lowest BCUT2D eigenvalue weighted by Gasteiger charge is -2.36. The van der Waals surface area contributed by atoms with Crippen molar-refractivity contribution in [1.29, 1.82) is 0 Å². The van der Waals surface area contributed by atoms with Crippen molar-refractivity contribution in [3.63, 3.8) is 0 Å². The molecule has 12 unspecified atom stereocenters. The number of ether oxygens (including phenoxy) is 4. The summed E-state index contributed by atoms with van der Waals surface area (Å²) in [6, 6.07) is 0. The maximum absolute atomic E-state index is 13.2. The minimum atomic E-state index is -6.80. The summed E-state index contributed by atoms with van der Waals surface area (Å²) in [5.41, 5.74) is -49.9. The lowest BCUT2D eigenvalue weighted by Crippen LogP contribution is -2.53. The van der Waals surface area contributed by atoms with Gasteiger partial charge in [0.1, 0.15) is 24.4 Å². The average molecular weight is 1880 g/mol. The Balaban J connectivity index is 0.000000761. The summed E-state index contributed by atoms with van der Waals surface area (Å²) >= 11 is 0. The molecule has 0 aromatic carbocycles. The zero-order valence-corrected chi connectivity index (χ0v) is 67.5. The molecular weight excluding hydrogens is 1790 g/mol. The van der Waals surface area contributed by atoms with Crippen molar-refractivity contribution in [3.8, 4) is 0 Å². The Morgan fingerprint density at radius 2 is 0.360 bits per heavy atom. The van der Waals surface area contributed by atoms with Gasteiger partial charge in [-0.3, -0.25) is 19.2 Å². The van der Waals surface area contributed by atoms with E-state index in [0.29, 0.717) is 19.3 Å². The van der Waals surface area contributed by atoms with E-state index in [0.717, 1.165) is 0 Å². The Morgan fingerprint density at radius 1 is 0.237 bits per heavy atom. The highest BCUT2D eigenvalue weighted by molar-refractivity contribution is 8.11. The van der Waals surface area contributed by atoms with E-state index < -0.39 is 262 Å². The largest absolute Gasteiger partial charge is 0.498 e. The molecular formula is C58H84F24O24S8. The van der Waals surface area contributed by atoms with Crippen molar-refractivity contribution in [1.82, 2.24) is 0 Å². The maximum Gasteiger partial charge on any atom is 0.498 e. The average Bonchev–Trinajstić information content (AvgIpc) is 0.876. The van der Waals surface area contributed by atoms with Gasteiger partial charge in [0, 0.05) is 23.7 Å². The highest BCUT2D eigenvalue weighted by atomic mass is 32.3. The summed E-state index contributed by atoms with van der Waals surface area (Å²) in [6.07, 6.45) is -7.45. The van der Waals surface area contributed by atoms with E-state index >= 15 is 0 Å². The molecule has 676 valence electrons. The van der Waals surface area contributed by atoms with Crippen LogP contribution in [-0.4, -0.2) is 178 Å². The molecule has 114 heavy (non-hydrogen) atoms. The first-order valence-corrected chi connectivity index (χ1v) is 46.5. The molecule has 0 heterocycles. The number of carbonyl (C=O) groups is 4. The van der Waals surface area contributed by atoms with Gasteiger partial charge in [0.25, 0.3) is 78.7 Å². The third-order valence-electron chi connectivity index (χ3n) is 19.1. The molecule has 0 bridgehead atoms. The van der Waals surface area contributed by atoms with Crippen LogP contribution in [0.5, 0.6) is 0 Å². The van der Waals surface area contributed by atoms with Crippen LogP contribution in [0.4, 0.5) is 105 Å². The molecule has 0 saturated heterocycles. The van der Waals surface area contributed by atoms with E-state index in [1.807, 2.05) is 0 Å². The second kappa shape index (κ2) is 40.0. The highest BCUT2D eigenvalue weighted by Gasteiger charge is 2.71. The van der Waals surface area contributed by atoms with Gasteiger partial charge in [-0.25, -0.2) is 67.3 Å². The molecule has 4 aliphatic carbocycles. The Labute approximate surface area is 641 Å². The minimum Gasteiger partial charge on any atom is -0.462 e. The van der Waals surface area contributed by atoms with Gasteiger partial charge in [0.05, 0.1) is 23.7 Å². The highest BCUT2D eigenvalue weighted by Crippen LogP contribution is 2.50. The molecule has 4 saturated carbocycles. The topological polar surface area (TPSA) is 378 Å². The molecule has 4 fully saturated rings. The fraction of sp³-hybridized carbons (Fsp3) is 0.931. The second-order valence-electron chi connectivity index (χ2n) is 27.0. The summed E-state index contributed by atoms with van der Waals surface area (Å²) in [5.74, 6) is -15.6. The first-order valence-electron chi connectivity index (χ1n) is 34.2. The van der Waals surface area contributed by atoms with Gasteiger partial charge in [-0.2, -0.15) is 105 Å². The van der Waals surface area contributed by atoms with Gasteiger partial charge in [0.15, 0.2) is 18.3 Å². The van der Waals surface area contributed by atoms with E-state index in [1.165, 1.54) is 27.7 Å². The van der Waals surface area contributed by atoms with Gasteiger partial charge in [-0.05, 0) is 103 Å². The molecule has 0 aromatic rings. The molecule has 4 aliphatic rings. The van der Waals surface area contributed by atoms with Crippen LogP contribution in [0.2, 0.25) is 0 Å². The van der Waals surface area contributed by atoms with Crippen LogP contribution in [0.3, 0.4) is 0 Å². The monoisotopic (exact) mass is 1880 g/mol. The van der Waals surface area contributed by atoms with Gasteiger partial charge in [-0.15, -0.1) is 0 Å². The fourth-order valence-electron chi connectivity index (χ4n) is 12.0. The number of halogens is 24. The van der Waals surface area contributed by atoms with Crippen LogP contribution in [0.1, 0.15) is 197 Å². The van der Waals surface area contributed by atoms with Crippen molar-refractivity contribution in [3.05, 3.63) is 0 Å². The van der Waals surface area contributed by atoms with Crippen LogP contribution >= 0.6 is 0 Å². The summed E-state index contributed by atoms with van der Waals surface area (Å²) in [5, 5.41) is 0. The van der Waals surface area contributed by atoms with E-state index in [1.54, 1.807) is 27.7 Å². The zero-order chi connectivity index (χ0) is 89.9. The molecule has 12 atom stereocenters. The van der Waals surface area contributed by atoms with Gasteiger partial charge < -0.3 is 18.9 Å². The van der Waals surface area contributed by atoms with Gasteiger partial charge in [-0.1, -0.05) is 93.9 Å². The van der Waals surface area contributed by atoms with E-state index in [4.69, 9.17) is 18.9 Å². The Bertz CT molecular complexity index is 4000. The number of alkyl halides is 24. The molecule has 0 N–H and O–H groups in total. The molecule has 24 nitrogen and oxygen atoms in total. The van der Waals surface area contributed by atoms with E-state index in [9.17, 15) is 192 Å². The number of sulfone groups is 8. The van der Waals surface area contributed by atoms with Crippen molar-refractivity contribution in [2.75, 3.05) is 0 Å². The van der Waals surface area contributed by atoms with Gasteiger partial charge >= 0.3 is 67.9 Å². The third-order valence-corrected chi connectivity index (χ3v) is 38.0. The lowest BCUT2D eigenvalue weighted by molar-refractivity contribution is -0.158.